The van der Waals surface area contributed by atoms with Gasteiger partial charge in [-0.1, -0.05) is 53.6 Å². The van der Waals surface area contributed by atoms with Gasteiger partial charge in [-0.25, -0.2) is 23.6 Å². The standard InChI is InChI=1S/C20H16ClN3O4S3/c1-24(25)20(29)30-12-2-3-17-23-18(13-4-8-15(21)9-5-13)19(28-17)14-6-10-16(11-7-14)31(22,26)27/h4-11,25H,12H2,1H3,(H2,22,26,27). The summed E-state index contributed by atoms with van der Waals surface area (Å²) in [6, 6.07) is 13.0. The van der Waals surface area contributed by atoms with Crippen LogP contribution in [0.15, 0.2) is 57.8 Å². The van der Waals surface area contributed by atoms with E-state index in [0.717, 1.165) is 10.6 Å². The summed E-state index contributed by atoms with van der Waals surface area (Å²) in [6.07, 6.45) is 0. The minimum Gasteiger partial charge on any atom is -0.429 e. The second-order valence-electron chi connectivity index (χ2n) is 6.15. The molecule has 0 radical (unpaired) electrons. The molecule has 3 aromatic rings. The molecular formula is C20H16ClN3O4S3. The Balaban J connectivity index is 1.97. The summed E-state index contributed by atoms with van der Waals surface area (Å²) in [5.41, 5.74) is 1.89. The average Bonchev–Trinajstić information content (AvgIpc) is 3.15. The molecule has 31 heavy (non-hydrogen) atoms. The zero-order chi connectivity index (χ0) is 22.6. The van der Waals surface area contributed by atoms with Gasteiger partial charge in [-0.3, -0.25) is 5.21 Å². The molecule has 3 rings (SSSR count). The third kappa shape index (κ3) is 6.07. The molecule has 0 aliphatic carbocycles. The Labute approximate surface area is 194 Å². The Morgan fingerprint density at radius 2 is 1.84 bits per heavy atom. The highest BCUT2D eigenvalue weighted by atomic mass is 35.5. The maximum absolute atomic E-state index is 11.5. The third-order valence-corrected chi connectivity index (χ3v) is 6.52. The zero-order valence-electron chi connectivity index (χ0n) is 16.1. The molecule has 0 unspecified atom stereocenters. The van der Waals surface area contributed by atoms with E-state index in [4.69, 9.17) is 33.4 Å². The number of sulfonamides is 1. The number of benzene rings is 2. The summed E-state index contributed by atoms with van der Waals surface area (Å²) in [5, 5.41) is 15.8. The molecule has 0 saturated heterocycles. The summed E-state index contributed by atoms with van der Waals surface area (Å²) < 4.78 is 29.2. The van der Waals surface area contributed by atoms with Crippen molar-refractivity contribution < 1.29 is 18.0 Å². The van der Waals surface area contributed by atoms with Crippen molar-refractivity contribution in [1.82, 2.24) is 10.0 Å². The van der Waals surface area contributed by atoms with E-state index in [0.29, 0.717) is 32.1 Å². The Morgan fingerprint density at radius 3 is 2.42 bits per heavy atom. The molecule has 7 nitrogen and oxygen atoms in total. The van der Waals surface area contributed by atoms with Gasteiger partial charge >= 0.3 is 0 Å². The highest BCUT2D eigenvalue weighted by Gasteiger charge is 2.17. The van der Waals surface area contributed by atoms with Crippen molar-refractivity contribution >= 4 is 49.9 Å². The predicted octanol–water partition coefficient (Wildman–Crippen LogP) is 4.00. The fourth-order valence-electron chi connectivity index (χ4n) is 2.47. The molecule has 2 aromatic carbocycles. The molecule has 3 N–H and O–H groups in total. The van der Waals surface area contributed by atoms with Crippen molar-refractivity contribution in [3.05, 3.63) is 59.4 Å². The van der Waals surface area contributed by atoms with E-state index in [2.05, 4.69) is 16.8 Å². The van der Waals surface area contributed by atoms with Crippen molar-refractivity contribution in [2.24, 2.45) is 5.14 Å². The van der Waals surface area contributed by atoms with Crippen LogP contribution in [0.5, 0.6) is 0 Å². The molecule has 0 aliphatic heterocycles. The molecule has 0 fully saturated rings. The first-order valence-corrected chi connectivity index (χ1v) is 11.9. The van der Waals surface area contributed by atoms with Crippen molar-refractivity contribution in [2.45, 2.75) is 4.90 Å². The number of halogens is 1. The van der Waals surface area contributed by atoms with E-state index in [-0.39, 0.29) is 10.8 Å². The first kappa shape index (κ1) is 23.3. The van der Waals surface area contributed by atoms with Gasteiger partial charge in [0.1, 0.15) is 5.69 Å². The number of nitrogens with two attached hydrogens (primary N) is 1. The van der Waals surface area contributed by atoms with Crippen LogP contribution in [0.25, 0.3) is 22.6 Å². The highest BCUT2D eigenvalue weighted by molar-refractivity contribution is 8.23. The molecule has 160 valence electrons. The summed E-state index contributed by atoms with van der Waals surface area (Å²) in [6.45, 7) is 0. The zero-order valence-corrected chi connectivity index (χ0v) is 19.3. The number of aromatic nitrogens is 1. The van der Waals surface area contributed by atoms with Crippen LogP contribution in [0.3, 0.4) is 0 Å². The Morgan fingerprint density at radius 1 is 1.23 bits per heavy atom. The lowest BCUT2D eigenvalue weighted by Gasteiger charge is -2.07. The lowest BCUT2D eigenvalue weighted by Crippen LogP contribution is -2.17. The van der Waals surface area contributed by atoms with Gasteiger partial charge < -0.3 is 4.42 Å². The molecule has 0 atom stereocenters. The van der Waals surface area contributed by atoms with Crippen molar-refractivity contribution in [2.75, 3.05) is 12.8 Å². The first-order valence-electron chi connectivity index (χ1n) is 8.63. The third-order valence-electron chi connectivity index (χ3n) is 3.92. The Kier molecular flexibility index (Phi) is 7.38. The monoisotopic (exact) mass is 493 g/mol. The SMILES string of the molecule is CN(O)C(=S)SCC#Cc1nc(-c2ccc(Cl)cc2)c(-c2ccc(S(N)(=O)=O)cc2)o1. The molecule has 11 heteroatoms. The van der Waals surface area contributed by atoms with Crippen LogP contribution in [0, 0.1) is 11.8 Å². The van der Waals surface area contributed by atoms with E-state index < -0.39 is 10.0 Å². The van der Waals surface area contributed by atoms with Crippen molar-refractivity contribution in [3.63, 3.8) is 0 Å². The first-order chi connectivity index (χ1) is 14.6. The van der Waals surface area contributed by atoms with Gasteiger partial charge in [0.25, 0.3) is 5.89 Å². The predicted molar refractivity (Wildman–Crippen MR) is 125 cm³/mol. The van der Waals surface area contributed by atoms with Gasteiger partial charge in [-0.2, -0.15) is 0 Å². The minimum atomic E-state index is -3.81. The molecule has 0 saturated carbocycles. The van der Waals surface area contributed by atoms with Crippen LogP contribution < -0.4 is 5.14 Å². The number of hydrogen-bond acceptors (Lipinski definition) is 7. The van der Waals surface area contributed by atoms with Crippen LogP contribution in [0.4, 0.5) is 0 Å². The summed E-state index contributed by atoms with van der Waals surface area (Å²) in [7, 11) is -2.38. The van der Waals surface area contributed by atoms with Gasteiger partial charge in [-0.05, 0) is 42.3 Å². The number of primary sulfonamides is 1. The number of nitrogens with zero attached hydrogens (tertiary/aromatic N) is 2. The second-order valence-corrected chi connectivity index (χ2v) is 9.76. The maximum Gasteiger partial charge on any atom is 0.274 e. The van der Waals surface area contributed by atoms with E-state index >= 15 is 0 Å². The van der Waals surface area contributed by atoms with Gasteiger partial charge in [0.15, 0.2) is 10.1 Å². The average molecular weight is 494 g/mol. The molecule has 0 amide bonds. The summed E-state index contributed by atoms with van der Waals surface area (Å²) >= 11 is 12.2. The Bertz CT molecular complexity index is 1260. The number of rotatable bonds is 4. The number of oxazole rings is 1. The van der Waals surface area contributed by atoms with Crippen LogP contribution in [-0.2, 0) is 10.0 Å². The van der Waals surface area contributed by atoms with Crippen LogP contribution in [0.1, 0.15) is 5.89 Å². The van der Waals surface area contributed by atoms with Gasteiger partial charge in [0.05, 0.1) is 10.6 Å². The van der Waals surface area contributed by atoms with E-state index in [1.54, 1.807) is 36.4 Å². The number of thioether (sulfide) groups is 1. The van der Waals surface area contributed by atoms with Crippen molar-refractivity contribution in [3.8, 4) is 34.4 Å². The van der Waals surface area contributed by atoms with Gasteiger partial charge in [-0.15, -0.1) is 0 Å². The quantitative estimate of drug-likeness (QED) is 0.319. The topological polar surface area (TPSA) is 110 Å². The smallest absolute Gasteiger partial charge is 0.274 e. The summed E-state index contributed by atoms with van der Waals surface area (Å²) in [5.74, 6) is 6.66. The molecule has 1 aromatic heterocycles. The Hall–Kier alpha value is -2.39. The second kappa shape index (κ2) is 9.82. The molecule has 1 heterocycles. The number of hydrogen-bond donors (Lipinski definition) is 2. The van der Waals surface area contributed by atoms with E-state index in [9.17, 15) is 13.6 Å². The lowest BCUT2D eigenvalue weighted by molar-refractivity contribution is 0.0205. The maximum atomic E-state index is 11.5. The molecule has 0 spiro atoms. The fourth-order valence-corrected chi connectivity index (χ4v) is 3.74. The molecule has 0 bridgehead atoms. The lowest BCUT2D eigenvalue weighted by atomic mass is 10.1. The van der Waals surface area contributed by atoms with E-state index in [1.807, 2.05) is 0 Å². The fraction of sp³-hybridized carbons (Fsp3) is 0.100. The van der Waals surface area contributed by atoms with E-state index in [1.165, 1.54) is 30.9 Å². The largest absolute Gasteiger partial charge is 0.429 e. The van der Waals surface area contributed by atoms with Crippen LogP contribution >= 0.6 is 35.6 Å². The molecular weight excluding hydrogens is 478 g/mol. The number of thiocarbonyl (C=S) groups is 1. The number of hydroxylamine groups is 2. The normalized spacial score (nSPS) is 11.0. The van der Waals surface area contributed by atoms with Gasteiger partial charge in [0, 0.05) is 23.2 Å². The van der Waals surface area contributed by atoms with Crippen LogP contribution in [-0.4, -0.2) is 40.8 Å². The van der Waals surface area contributed by atoms with Crippen LogP contribution in [0.2, 0.25) is 5.02 Å². The van der Waals surface area contributed by atoms with Gasteiger partial charge in [0.2, 0.25) is 10.0 Å². The highest BCUT2D eigenvalue weighted by Crippen LogP contribution is 2.33. The molecule has 0 aliphatic rings. The van der Waals surface area contributed by atoms with Crippen molar-refractivity contribution in [1.29, 1.82) is 0 Å². The summed E-state index contributed by atoms with van der Waals surface area (Å²) in [4.78, 5) is 4.47. The minimum absolute atomic E-state index is 0.00864.